The van der Waals surface area contributed by atoms with Gasteiger partial charge < -0.3 is 19.9 Å². The van der Waals surface area contributed by atoms with Crippen molar-refractivity contribution in [2.45, 2.75) is 13.8 Å². The number of rotatable bonds is 1. The third-order valence-electron chi connectivity index (χ3n) is 1.09. The molecule has 0 amide bonds. The van der Waals surface area contributed by atoms with Crippen molar-refractivity contribution in [2.24, 2.45) is 0 Å². The van der Waals surface area contributed by atoms with E-state index in [-0.39, 0.29) is 5.59 Å². The van der Waals surface area contributed by atoms with E-state index >= 15 is 0 Å². The summed E-state index contributed by atoms with van der Waals surface area (Å²) in [5.41, 5.74) is 0.242. The lowest BCUT2D eigenvalue weighted by molar-refractivity contribution is 0.424. The van der Waals surface area contributed by atoms with Gasteiger partial charge in [0, 0.05) is 0 Å². The molecule has 64 valence electrons. The first-order chi connectivity index (χ1) is 5.74. The monoisotopic (exact) mass is 166 g/mol. The van der Waals surface area contributed by atoms with E-state index in [0.29, 0.717) is 5.82 Å². The molecule has 12 heavy (non-hydrogen) atoms. The molecule has 4 nitrogen and oxygen atoms in total. The minimum atomic E-state index is -1.52. The summed E-state index contributed by atoms with van der Waals surface area (Å²) < 4.78 is 0. The Balaban J connectivity index is 0.000000561. The summed E-state index contributed by atoms with van der Waals surface area (Å²) in [6.07, 6.45) is 0. The molecule has 0 saturated heterocycles. The Labute approximate surface area is 71.8 Å². The molecule has 0 unspecified atom stereocenters. The van der Waals surface area contributed by atoms with Crippen LogP contribution in [0.5, 0.6) is 0 Å². The van der Waals surface area contributed by atoms with Crippen LogP contribution < -0.4 is 5.59 Å². The van der Waals surface area contributed by atoms with Gasteiger partial charge in [-0.15, -0.1) is 0 Å². The van der Waals surface area contributed by atoms with Gasteiger partial charge in [0.2, 0.25) is 5.82 Å². The molecule has 1 aromatic rings. The normalized spacial score (nSPS) is 7.92. The van der Waals surface area contributed by atoms with E-state index in [0.717, 1.165) is 0 Å². The Bertz CT molecular complexity index is 265. The van der Waals surface area contributed by atoms with Gasteiger partial charge in [0.15, 0.2) is 0 Å². The minimum absolute atomic E-state index is 0.242. The van der Waals surface area contributed by atoms with Gasteiger partial charge in [0.1, 0.15) is 5.59 Å². The zero-order valence-corrected chi connectivity index (χ0v) is 7.07. The van der Waals surface area contributed by atoms with Crippen LogP contribution in [0.2, 0.25) is 0 Å². The second kappa shape index (κ2) is 5.41. The van der Waals surface area contributed by atoms with E-state index in [4.69, 9.17) is 16.6 Å². The average Bonchev–Trinajstić information content (AvgIpc) is 2.55. The number of nitrogens with one attached hydrogen (secondary N) is 1. The summed E-state index contributed by atoms with van der Waals surface area (Å²) in [4.78, 5) is 5.55. The van der Waals surface area contributed by atoms with Crippen molar-refractivity contribution >= 4 is 18.5 Å². The van der Waals surface area contributed by atoms with Crippen LogP contribution in [0.3, 0.4) is 0 Å². The predicted molar refractivity (Wildman–Crippen MR) is 48.2 cm³/mol. The molecule has 5 heteroatoms. The molecule has 0 aromatic carbocycles. The number of hydrogen-bond donors (Lipinski definition) is 3. The molecule has 1 aromatic heterocycles. The quantitative estimate of drug-likeness (QED) is 0.414. The molecule has 0 atom stereocenters. The minimum Gasteiger partial charge on any atom is -0.421 e. The van der Waals surface area contributed by atoms with Crippen LogP contribution >= 0.6 is 0 Å². The molecule has 0 aliphatic rings. The smallest absolute Gasteiger partial charge is 0.421 e. The summed E-state index contributed by atoms with van der Waals surface area (Å²) in [5.74, 6) is 0.308. The molecule has 0 aliphatic carbocycles. The number of aromatic amines is 1. The van der Waals surface area contributed by atoms with Gasteiger partial charge in [-0.25, -0.2) is 0 Å². The highest BCUT2D eigenvalue weighted by molar-refractivity contribution is 6.57. The van der Waals surface area contributed by atoms with Gasteiger partial charge in [0.25, 0.3) is 0 Å². The van der Waals surface area contributed by atoms with Crippen molar-refractivity contribution in [1.82, 2.24) is 4.98 Å². The molecular weight excluding hydrogens is 155 g/mol. The second-order valence-corrected chi connectivity index (χ2v) is 1.78. The van der Waals surface area contributed by atoms with E-state index in [1.165, 1.54) is 12.1 Å². The topological polar surface area (TPSA) is 60.6 Å². The van der Waals surface area contributed by atoms with Crippen LogP contribution in [0.4, 0.5) is 5.82 Å². The number of hydrogen-bond acceptors (Lipinski definition) is 2. The maximum atomic E-state index is 8.55. The third-order valence-corrected chi connectivity index (χ3v) is 1.09. The first kappa shape index (κ1) is 10.8. The van der Waals surface area contributed by atoms with Crippen molar-refractivity contribution in [2.75, 3.05) is 0 Å². The van der Waals surface area contributed by atoms with Crippen molar-refractivity contribution in [3.05, 3.63) is 23.5 Å². The first-order valence-corrected chi connectivity index (χ1v) is 3.66. The summed E-state index contributed by atoms with van der Waals surface area (Å²) >= 11 is 0. The van der Waals surface area contributed by atoms with E-state index < -0.39 is 7.12 Å². The van der Waals surface area contributed by atoms with Crippen LogP contribution in [-0.2, 0) is 0 Å². The zero-order chi connectivity index (χ0) is 9.56. The van der Waals surface area contributed by atoms with Gasteiger partial charge >= 0.3 is 7.12 Å². The Morgan fingerprint density at radius 2 is 2.00 bits per heavy atom. The molecule has 3 N–H and O–H groups in total. The zero-order valence-electron chi connectivity index (χ0n) is 7.07. The Morgan fingerprint density at radius 1 is 1.42 bits per heavy atom. The van der Waals surface area contributed by atoms with Gasteiger partial charge in [-0.1, -0.05) is 20.4 Å². The molecule has 0 radical (unpaired) electrons. The standard InChI is InChI=1S/C5H5BN2O2.C2H6/c1-7-5-3-2-4(8-5)6(9)10;1-2/h2-3,8-10H;1-2H3. The van der Waals surface area contributed by atoms with Crippen LogP contribution in [0.15, 0.2) is 12.1 Å². The van der Waals surface area contributed by atoms with Crippen molar-refractivity contribution in [3.8, 4) is 0 Å². The van der Waals surface area contributed by atoms with Crippen LogP contribution in [0.25, 0.3) is 4.85 Å². The summed E-state index contributed by atoms with van der Waals surface area (Å²) in [6, 6.07) is 2.94. The summed E-state index contributed by atoms with van der Waals surface area (Å²) in [6.45, 7) is 10.5. The van der Waals surface area contributed by atoms with Crippen LogP contribution in [-0.4, -0.2) is 22.2 Å². The molecule has 0 saturated carbocycles. The fourth-order valence-corrected chi connectivity index (χ4v) is 0.616. The molecule has 0 bridgehead atoms. The molecule has 1 rings (SSSR count). The fourth-order valence-electron chi connectivity index (χ4n) is 0.616. The predicted octanol–water partition coefficient (Wildman–Crippen LogP) is 0.271. The molecule has 0 fully saturated rings. The molecule has 0 spiro atoms. The maximum absolute atomic E-state index is 8.55. The highest BCUT2D eigenvalue weighted by Gasteiger charge is 2.14. The highest BCUT2D eigenvalue weighted by atomic mass is 16.4. The molecular formula is C7H11BN2O2. The van der Waals surface area contributed by atoms with Gasteiger partial charge in [-0.3, -0.25) is 0 Å². The molecule has 0 aliphatic heterocycles. The first-order valence-electron chi connectivity index (χ1n) is 3.66. The second-order valence-electron chi connectivity index (χ2n) is 1.78. The highest BCUT2D eigenvalue weighted by Crippen LogP contribution is 2.03. The number of aromatic nitrogens is 1. The Morgan fingerprint density at radius 3 is 2.25 bits per heavy atom. The van der Waals surface area contributed by atoms with E-state index in [9.17, 15) is 0 Å². The lowest BCUT2D eigenvalue weighted by atomic mass is 9.87. The Kier molecular flexibility index (Phi) is 4.85. The van der Waals surface area contributed by atoms with E-state index in [1.807, 2.05) is 13.8 Å². The van der Waals surface area contributed by atoms with Gasteiger partial charge in [-0.2, -0.15) is 0 Å². The maximum Gasteiger partial charge on any atom is 0.529 e. The summed E-state index contributed by atoms with van der Waals surface area (Å²) in [7, 11) is -1.52. The number of nitrogens with zero attached hydrogens (tertiary/aromatic N) is 1. The van der Waals surface area contributed by atoms with Crippen molar-refractivity contribution < 1.29 is 10.0 Å². The van der Waals surface area contributed by atoms with Crippen LogP contribution in [0.1, 0.15) is 13.8 Å². The lowest BCUT2D eigenvalue weighted by Crippen LogP contribution is -2.30. The Hall–Kier alpha value is -1.25. The van der Waals surface area contributed by atoms with Crippen LogP contribution in [0, 0.1) is 6.57 Å². The van der Waals surface area contributed by atoms with Gasteiger partial charge in [0.05, 0.1) is 0 Å². The van der Waals surface area contributed by atoms with E-state index in [2.05, 4.69) is 9.83 Å². The third kappa shape index (κ3) is 2.78. The molecule has 1 heterocycles. The number of H-pyrrole nitrogens is 1. The summed E-state index contributed by atoms with van der Waals surface area (Å²) in [5, 5.41) is 17.1. The lowest BCUT2D eigenvalue weighted by Gasteiger charge is -1.87. The SMILES string of the molecule is CC.[C-]#[N+]c1ccc(B(O)O)[nH]1. The van der Waals surface area contributed by atoms with Crippen molar-refractivity contribution in [3.63, 3.8) is 0 Å². The van der Waals surface area contributed by atoms with Gasteiger partial charge in [-0.05, 0) is 12.1 Å². The average molecular weight is 166 g/mol. The largest absolute Gasteiger partial charge is 0.529 e. The van der Waals surface area contributed by atoms with Crippen molar-refractivity contribution in [1.29, 1.82) is 0 Å². The van der Waals surface area contributed by atoms with E-state index in [1.54, 1.807) is 0 Å². The fraction of sp³-hybridized carbons (Fsp3) is 0.286.